The SMILES string of the molecule is COc1cccc(F)c1-c1cc2c(-c3ccc(C(=O)O)c(F)c3)n[nH]c2cn1. The lowest BCUT2D eigenvalue weighted by atomic mass is 10.0. The summed E-state index contributed by atoms with van der Waals surface area (Å²) in [5, 5.41) is 16.5. The number of fused-ring (bicyclic) bond motifs is 1. The van der Waals surface area contributed by atoms with Crippen molar-refractivity contribution in [2.75, 3.05) is 7.11 Å². The lowest BCUT2D eigenvalue weighted by Gasteiger charge is -2.09. The number of halogens is 2. The average Bonchev–Trinajstić information content (AvgIpc) is 3.10. The molecule has 0 aliphatic carbocycles. The van der Waals surface area contributed by atoms with E-state index < -0.39 is 23.2 Å². The predicted molar refractivity (Wildman–Crippen MR) is 98.2 cm³/mol. The Balaban J connectivity index is 1.89. The van der Waals surface area contributed by atoms with E-state index in [9.17, 15) is 13.6 Å². The van der Waals surface area contributed by atoms with E-state index in [1.54, 1.807) is 12.1 Å². The van der Waals surface area contributed by atoms with Crippen molar-refractivity contribution in [3.63, 3.8) is 0 Å². The molecule has 2 N–H and O–H groups in total. The van der Waals surface area contributed by atoms with Gasteiger partial charge < -0.3 is 9.84 Å². The van der Waals surface area contributed by atoms with Gasteiger partial charge in [-0.1, -0.05) is 12.1 Å². The van der Waals surface area contributed by atoms with Crippen LogP contribution in [-0.2, 0) is 0 Å². The minimum Gasteiger partial charge on any atom is -0.496 e. The van der Waals surface area contributed by atoms with Crippen LogP contribution in [0.3, 0.4) is 0 Å². The van der Waals surface area contributed by atoms with Gasteiger partial charge >= 0.3 is 5.97 Å². The van der Waals surface area contributed by atoms with Gasteiger partial charge in [-0.3, -0.25) is 10.1 Å². The molecule has 2 heterocycles. The lowest BCUT2D eigenvalue weighted by Crippen LogP contribution is -2.00. The zero-order valence-electron chi connectivity index (χ0n) is 14.5. The molecule has 4 aromatic rings. The monoisotopic (exact) mass is 381 g/mol. The summed E-state index contributed by atoms with van der Waals surface area (Å²) in [5.41, 5.74) is 1.44. The minimum atomic E-state index is -1.35. The predicted octanol–water partition coefficient (Wildman–Crippen LogP) is 4.28. The molecule has 0 radical (unpaired) electrons. The lowest BCUT2D eigenvalue weighted by molar-refractivity contribution is 0.0692. The molecule has 0 fully saturated rings. The number of nitrogens with one attached hydrogen (secondary N) is 1. The van der Waals surface area contributed by atoms with Crippen LogP contribution in [0.1, 0.15) is 10.4 Å². The summed E-state index contributed by atoms with van der Waals surface area (Å²) < 4.78 is 33.7. The molecule has 0 aliphatic heterocycles. The number of rotatable bonds is 4. The molecule has 0 amide bonds. The summed E-state index contributed by atoms with van der Waals surface area (Å²) in [6.07, 6.45) is 1.50. The topological polar surface area (TPSA) is 88.1 Å². The summed E-state index contributed by atoms with van der Waals surface area (Å²) >= 11 is 0. The number of carboxylic acid groups (broad SMARTS) is 1. The first kappa shape index (κ1) is 17.6. The van der Waals surface area contributed by atoms with Crippen LogP contribution in [0.2, 0.25) is 0 Å². The standard InChI is InChI=1S/C20H13F2N3O3/c1-28-17-4-2-3-13(21)18(17)15-8-12-16(9-23-15)24-25-19(12)10-5-6-11(20(26)27)14(22)7-10/h2-9H,1H3,(H,24,25)(H,26,27). The molecule has 6 nitrogen and oxygen atoms in total. The molecule has 0 bridgehead atoms. The van der Waals surface area contributed by atoms with E-state index in [-0.39, 0.29) is 5.56 Å². The second-order valence-corrected chi connectivity index (χ2v) is 6.00. The van der Waals surface area contributed by atoms with Crippen molar-refractivity contribution in [1.29, 1.82) is 0 Å². The fourth-order valence-corrected chi connectivity index (χ4v) is 3.03. The summed E-state index contributed by atoms with van der Waals surface area (Å²) in [6.45, 7) is 0. The number of ether oxygens (including phenoxy) is 1. The zero-order chi connectivity index (χ0) is 19.8. The Bertz CT molecular complexity index is 1220. The first-order valence-corrected chi connectivity index (χ1v) is 8.20. The van der Waals surface area contributed by atoms with Crippen molar-refractivity contribution in [1.82, 2.24) is 15.2 Å². The van der Waals surface area contributed by atoms with Gasteiger partial charge in [0.2, 0.25) is 0 Å². The van der Waals surface area contributed by atoms with Crippen LogP contribution in [0.5, 0.6) is 5.75 Å². The third-order valence-corrected chi connectivity index (χ3v) is 4.37. The molecule has 4 rings (SSSR count). The Morgan fingerprint density at radius 3 is 2.68 bits per heavy atom. The quantitative estimate of drug-likeness (QED) is 0.551. The van der Waals surface area contributed by atoms with Crippen molar-refractivity contribution in [2.45, 2.75) is 0 Å². The highest BCUT2D eigenvalue weighted by atomic mass is 19.1. The number of hydrogen-bond donors (Lipinski definition) is 2. The van der Waals surface area contributed by atoms with E-state index in [1.807, 2.05) is 0 Å². The number of H-pyrrole nitrogens is 1. The molecule has 28 heavy (non-hydrogen) atoms. The molecule has 0 aliphatic rings. The molecular formula is C20H13F2N3O3. The number of pyridine rings is 1. The fourth-order valence-electron chi connectivity index (χ4n) is 3.03. The number of aromatic amines is 1. The van der Waals surface area contributed by atoms with Crippen LogP contribution in [0.4, 0.5) is 8.78 Å². The Labute approximate surface area is 157 Å². The minimum absolute atomic E-state index is 0.200. The van der Waals surface area contributed by atoms with E-state index in [2.05, 4.69) is 15.2 Å². The Morgan fingerprint density at radius 1 is 1.14 bits per heavy atom. The highest BCUT2D eigenvalue weighted by Gasteiger charge is 2.17. The van der Waals surface area contributed by atoms with Crippen LogP contribution in [-0.4, -0.2) is 33.4 Å². The number of aromatic carboxylic acids is 1. The number of methoxy groups -OCH3 is 1. The Kier molecular flexibility index (Phi) is 4.23. The van der Waals surface area contributed by atoms with Crippen LogP contribution in [0.15, 0.2) is 48.7 Å². The third kappa shape index (κ3) is 2.84. The third-order valence-electron chi connectivity index (χ3n) is 4.37. The Morgan fingerprint density at radius 2 is 1.96 bits per heavy atom. The van der Waals surface area contributed by atoms with Crippen molar-refractivity contribution >= 4 is 16.9 Å². The van der Waals surface area contributed by atoms with Gasteiger partial charge in [0, 0.05) is 10.9 Å². The van der Waals surface area contributed by atoms with Crippen LogP contribution in [0.25, 0.3) is 33.4 Å². The van der Waals surface area contributed by atoms with Crippen molar-refractivity contribution in [2.24, 2.45) is 0 Å². The molecular weight excluding hydrogens is 368 g/mol. The van der Waals surface area contributed by atoms with Crippen molar-refractivity contribution < 1.29 is 23.4 Å². The maximum Gasteiger partial charge on any atom is 0.338 e. The second-order valence-electron chi connectivity index (χ2n) is 6.00. The van der Waals surface area contributed by atoms with Gasteiger partial charge in [0.05, 0.1) is 35.6 Å². The normalized spacial score (nSPS) is 11.0. The van der Waals surface area contributed by atoms with Gasteiger partial charge in [-0.15, -0.1) is 0 Å². The van der Waals surface area contributed by atoms with Gasteiger partial charge in [-0.2, -0.15) is 5.10 Å². The van der Waals surface area contributed by atoms with E-state index in [0.717, 1.165) is 6.07 Å². The van der Waals surface area contributed by atoms with Gasteiger partial charge in [0.1, 0.15) is 23.1 Å². The maximum absolute atomic E-state index is 14.4. The molecule has 140 valence electrons. The molecule has 0 saturated heterocycles. The smallest absolute Gasteiger partial charge is 0.338 e. The summed E-state index contributed by atoms with van der Waals surface area (Å²) in [4.78, 5) is 15.3. The number of carboxylic acids is 1. The highest BCUT2D eigenvalue weighted by Crippen LogP contribution is 2.35. The number of benzene rings is 2. The van der Waals surface area contributed by atoms with Crippen molar-refractivity contribution in [3.8, 4) is 28.3 Å². The Hall–Kier alpha value is -3.81. The number of hydrogen-bond acceptors (Lipinski definition) is 4. The molecule has 2 aromatic heterocycles. The van der Waals surface area contributed by atoms with Crippen LogP contribution >= 0.6 is 0 Å². The van der Waals surface area contributed by atoms with Crippen molar-refractivity contribution in [3.05, 3.63) is 65.9 Å². The number of aromatic nitrogens is 3. The van der Waals surface area contributed by atoms with E-state index in [4.69, 9.17) is 9.84 Å². The van der Waals surface area contributed by atoms with E-state index in [0.29, 0.717) is 33.6 Å². The van der Waals surface area contributed by atoms with Crippen LogP contribution in [0, 0.1) is 11.6 Å². The first-order valence-electron chi connectivity index (χ1n) is 8.20. The summed E-state index contributed by atoms with van der Waals surface area (Å²) in [5.74, 6) is -2.39. The molecule has 0 spiro atoms. The average molecular weight is 381 g/mol. The fraction of sp³-hybridized carbons (Fsp3) is 0.0500. The van der Waals surface area contributed by atoms with Gasteiger partial charge in [0.15, 0.2) is 0 Å². The summed E-state index contributed by atoms with van der Waals surface area (Å²) in [7, 11) is 1.44. The van der Waals surface area contributed by atoms with Gasteiger partial charge in [-0.05, 0) is 30.3 Å². The first-order chi connectivity index (χ1) is 13.5. The largest absolute Gasteiger partial charge is 0.496 e. The molecule has 0 atom stereocenters. The molecule has 2 aromatic carbocycles. The van der Waals surface area contributed by atoms with Crippen LogP contribution < -0.4 is 4.74 Å². The summed E-state index contributed by atoms with van der Waals surface area (Å²) in [6, 6.07) is 9.83. The molecule has 0 unspecified atom stereocenters. The number of carbonyl (C=O) groups is 1. The number of nitrogens with zero attached hydrogens (tertiary/aromatic N) is 2. The van der Waals surface area contributed by atoms with E-state index in [1.165, 1.54) is 37.6 Å². The highest BCUT2D eigenvalue weighted by molar-refractivity contribution is 5.96. The van der Waals surface area contributed by atoms with Gasteiger partial charge in [0.25, 0.3) is 0 Å². The second kappa shape index (κ2) is 6.73. The van der Waals surface area contributed by atoms with E-state index >= 15 is 0 Å². The van der Waals surface area contributed by atoms with Gasteiger partial charge in [-0.25, -0.2) is 13.6 Å². The molecule has 0 saturated carbocycles. The molecule has 8 heteroatoms. The maximum atomic E-state index is 14.4. The zero-order valence-corrected chi connectivity index (χ0v) is 14.5.